The number of nitriles is 1. The molecule has 2 aromatic carbocycles. The summed E-state index contributed by atoms with van der Waals surface area (Å²) >= 11 is 0. The molecular weight excluding hydrogens is 336 g/mol. The van der Waals surface area contributed by atoms with E-state index >= 15 is 0 Å². The molecule has 0 atom stereocenters. The molecule has 4 aromatic rings. The molecule has 6 heteroatoms. The molecule has 0 saturated carbocycles. The standard InChI is InChI=1S/C21H18N6/c1-13-2-4-14(5-3-13)12-27-9-8-15-10-16(6-7-18(15)27)19-17(11-22)20(23)26-21(24)25-19/h2-10H,12H2,1H3,(H4,23,24,25,26). The molecule has 2 heterocycles. The van der Waals surface area contributed by atoms with Crippen molar-refractivity contribution in [2.75, 3.05) is 11.5 Å². The zero-order valence-electron chi connectivity index (χ0n) is 14.8. The van der Waals surface area contributed by atoms with Crippen LogP contribution in [0.15, 0.2) is 54.7 Å². The Labute approximate surface area is 156 Å². The summed E-state index contributed by atoms with van der Waals surface area (Å²) in [5.74, 6) is 0.149. The Bertz CT molecular complexity index is 1180. The summed E-state index contributed by atoms with van der Waals surface area (Å²) in [5, 5.41) is 10.5. The molecule has 0 aliphatic carbocycles. The highest BCUT2D eigenvalue weighted by Gasteiger charge is 2.14. The average Bonchev–Trinajstić information content (AvgIpc) is 3.05. The number of hydrogen-bond acceptors (Lipinski definition) is 5. The molecule has 0 radical (unpaired) electrons. The number of anilines is 2. The van der Waals surface area contributed by atoms with Crippen LogP contribution in [0.25, 0.3) is 22.2 Å². The van der Waals surface area contributed by atoms with Gasteiger partial charge in [0, 0.05) is 29.2 Å². The van der Waals surface area contributed by atoms with E-state index in [1.807, 2.05) is 24.3 Å². The highest BCUT2D eigenvalue weighted by atomic mass is 15.0. The number of hydrogen-bond donors (Lipinski definition) is 2. The highest BCUT2D eigenvalue weighted by Crippen LogP contribution is 2.29. The number of fused-ring (bicyclic) bond motifs is 1. The molecule has 0 aliphatic heterocycles. The van der Waals surface area contributed by atoms with Gasteiger partial charge in [-0.1, -0.05) is 35.9 Å². The van der Waals surface area contributed by atoms with Gasteiger partial charge in [0.05, 0.1) is 5.69 Å². The molecule has 6 nitrogen and oxygen atoms in total. The Morgan fingerprint density at radius 2 is 1.81 bits per heavy atom. The van der Waals surface area contributed by atoms with Gasteiger partial charge in [0.2, 0.25) is 5.95 Å². The monoisotopic (exact) mass is 354 g/mol. The number of nitrogen functional groups attached to an aromatic ring is 2. The van der Waals surface area contributed by atoms with E-state index in [4.69, 9.17) is 11.5 Å². The lowest BCUT2D eigenvalue weighted by atomic mass is 10.1. The third kappa shape index (κ3) is 3.07. The van der Waals surface area contributed by atoms with Crippen molar-refractivity contribution in [2.24, 2.45) is 0 Å². The summed E-state index contributed by atoms with van der Waals surface area (Å²) in [5.41, 5.74) is 16.6. The van der Waals surface area contributed by atoms with Gasteiger partial charge in [0.1, 0.15) is 17.5 Å². The second kappa shape index (κ2) is 6.46. The molecule has 0 spiro atoms. The van der Waals surface area contributed by atoms with E-state index in [9.17, 15) is 5.26 Å². The molecule has 0 aliphatic rings. The second-order valence-electron chi connectivity index (χ2n) is 6.51. The van der Waals surface area contributed by atoms with E-state index in [1.165, 1.54) is 11.1 Å². The van der Waals surface area contributed by atoms with Crippen molar-refractivity contribution in [2.45, 2.75) is 13.5 Å². The molecule has 0 saturated heterocycles. The lowest BCUT2D eigenvalue weighted by Gasteiger charge is -2.09. The van der Waals surface area contributed by atoms with Gasteiger partial charge in [-0.05, 0) is 30.7 Å². The van der Waals surface area contributed by atoms with Crippen molar-refractivity contribution >= 4 is 22.7 Å². The first-order chi connectivity index (χ1) is 13.0. The Kier molecular flexibility index (Phi) is 3.98. The van der Waals surface area contributed by atoms with E-state index in [2.05, 4.69) is 58.0 Å². The van der Waals surface area contributed by atoms with Crippen molar-refractivity contribution in [1.82, 2.24) is 14.5 Å². The number of aromatic nitrogens is 3. The van der Waals surface area contributed by atoms with Crippen molar-refractivity contribution in [3.05, 3.63) is 71.4 Å². The SMILES string of the molecule is Cc1ccc(Cn2ccc3cc(-c4nc(N)nc(N)c4C#N)ccc32)cc1. The van der Waals surface area contributed by atoms with Crippen LogP contribution in [0.2, 0.25) is 0 Å². The molecule has 0 amide bonds. The number of benzene rings is 2. The highest BCUT2D eigenvalue weighted by molar-refractivity contribution is 5.87. The molecule has 2 aromatic heterocycles. The summed E-state index contributed by atoms with van der Waals surface area (Å²) in [7, 11) is 0. The Balaban J connectivity index is 1.75. The van der Waals surface area contributed by atoms with Gasteiger partial charge in [-0.2, -0.15) is 10.2 Å². The van der Waals surface area contributed by atoms with Crippen LogP contribution < -0.4 is 11.5 Å². The third-order valence-electron chi connectivity index (χ3n) is 4.58. The predicted molar refractivity (Wildman–Crippen MR) is 107 cm³/mol. The summed E-state index contributed by atoms with van der Waals surface area (Å²) in [6, 6.07) is 18.6. The molecule has 27 heavy (non-hydrogen) atoms. The van der Waals surface area contributed by atoms with Crippen LogP contribution in [-0.4, -0.2) is 14.5 Å². The third-order valence-corrected chi connectivity index (χ3v) is 4.58. The smallest absolute Gasteiger partial charge is 0.222 e. The minimum atomic E-state index is 0.0542. The van der Waals surface area contributed by atoms with Crippen LogP contribution in [-0.2, 0) is 6.54 Å². The zero-order valence-corrected chi connectivity index (χ0v) is 14.8. The lowest BCUT2D eigenvalue weighted by molar-refractivity contribution is 0.836. The molecule has 0 fully saturated rings. The lowest BCUT2D eigenvalue weighted by Crippen LogP contribution is -2.05. The fourth-order valence-electron chi connectivity index (χ4n) is 3.19. The number of nitrogens with two attached hydrogens (primary N) is 2. The van der Waals surface area contributed by atoms with Gasteiger partial charge in [-0.15, -0.1) is 0 Å². The van der Waals surface area contributed by atoms with Crippen molar-refractivity contribution in [1.29, 1.82) is 5.26 Å². The van der Waals surface area contributed by atoms with Gasteiger partial charge in [0.15, 0.2) is 0 Å². The maximum absolute atomic E-state index is 9.40. The van der Waals surface area contributed by atoms with E-state index in [0.717, 1.165) is 23.0 Å². The first-order valence-corrected chi connectivity index (χ1v) is 8.53. The molecule has 0 bridgehead atoms. The second-order valence-corrected chi connectivity index (χ2v) is 6.51. The Hall–Kier alpha value is -3.85. The van der Waals surface area contributed by atoms with Crippen LogP contribution in [0, 0.1) is 18.3 Å². The van der Waals surface area contributed by atoms with Crippen LogP contribution in [0.3, 0.4) is 0 Å². The minimum Gasteiger partial charge on any atom is -0.382 e. The zero-order chi connectivity index (χ0) is 19.0. The van der Waals surface area contributed by atoms with Gasteiger partial charge >= 0.3 is 0 Å². The first-order valence-electron chi connectivity index (χ1n) is 8.53. The normalized spacial score (nSPS) is 10.8. The van der Waals surface area contributed by atoms with Gasteiger partial charge in [-0.3, -0.25) is 0 Å². The van der Waals surface area contributed by atoms with Crippen LogP contribution >= 0.6 is 0 Å². The number of nitrogens with zero attached hydrogens (tertiary/aromatic N) is 4. The van der Waals surface area contributed by atoms with Crippen LogP contribution in [0.1, 0.15) is 16.7 Å². The Morgan fingerprint density at radius 3 is 2.56 bits per heavy atom. The average molecular weight is 354 g/mol. The van der Waals surface area contributed by atoms with Gasteiger partial charge in [-0.25, -0.2) is 4.98 Å². The van der Waals surface area contributed by atoms with E-state index in [-0.39, 0.29) is 17.3 Å². The van der Waals surface area contributed by atoms with Crippen molar-refractivity contribution in [3.63, 3.8) is 0 Å². The maximum Gasteiger partial charge on any atom is 0.222 e. The first kappa shape index (κ1) is 16.6. The van der Waals surface area contributed by atoms with Crippen molar-refractivity contribution < 1.29 is 0 Å². The number of rotatable bonds is 3. The fraction of sp³-hybridized carbons (Fsp3) is 0.0952. The topological polar surface area (TPSA) is 107 Å². The summed E-state index contributed by atoms with van der Waals surface area (Å²) < 4.78 is 2.19. The van der Waals surface area contributed by atoms with E-state index in [0.29, 0.717) is 5.69 Å². The number of aryl methyl sites for hydroxylation is 1. The largest absolute Gasteiger partial charge is 0.382 e. The molecular formula is C21H18N6. The predicted octanol–water partition coefficient (Wildman–Crippen LogP) is 3.49. The summed E-state index contributed by atoms with van der Waals surface area (Å²) in [6.45, 7) is 2.87. The summed E-state index contributed by atoms with van der Waals surface area (Å²) in [6.07, 6.45) is 2.06. The minimum absolute atomic E-state index is 0.0542. The van der Waals surface area contributed by atoms with Crippen LogP contribution in [0.5, 0.6) is 0 Å². The maximum atomic E-state index is 9.40. The van der Waals surface area contributed by atoms with Crippen LogP contribution in [0.4, 0.5) is 11.8 Å². The van der Waals surface area contributed by atoms with E-state index < -0.39 is 0 Å². The van der Waals surface area contributed by atoms with E-state index in [1.54, 1.807) is 0 Å². The quantitative estimate of drug-likeness (QED) is 0.586. The molecule has 132 valence electrons. The summed E-state index contributed by atoms with van der Waals surface area (Å²) in [4.78, 5) is 8.09. The molecule has 0 unspecified atom stereocenters. The Morgan fingerprint density at radius 1 is 1.04 bits per heavy atom. The van der Waals surface area contributed by atoms with Gasteiger partial charge < -0.3 is 16.0 Å². The molecule has 4 N–H and O–H groups in total. The van der Waals surface area contributed by atoms with Gasteiger partial charge in [0.25, 0.3) is 0 Å². The molecule has 4 rings (SSSR count). The van der Waals surface area contributed by atoms with Crippen molar-refractivity contribution in [3.8, 4) is 17.3 Å². The fourth-order valence-corrected chi connectivity index (χ4v) is 3.19.